The van der Waals surface area contributed by atoms with Crippen molar-refractivity contribution in [1.82, 2.24) is 20.1 Å². The molecule has 0 bridgehead atoms. The summed E-state index contributed by atoms with van der Waals surface area (Å²) in [5.41, 5.74) is 2.58. The number of nitrogens with zero attached hydrogens (tertiary/aromatic N) is 3. The summed E-state index contributed by atoms with van der Waals surface area (Å²) in [7, 11) is 1.93. The fraction of sp³-hybridized carbons (Fsp3) is 0.529. The van der Waals surface area contributed by atoms with Crippen LogP contribution < -0.4 is 5.32 Å². The van der Waals surface area contributed by atoms with Crippen LogP contribution in [0.4, 0.5) is 0 Å². The second-order valence-electron chi connectivity index (χ2n) is 6.31. The van der Waals surface area contributed by atoms with Crippen LogP contribution in [0.1, 0.15) is 37.7 Å². The Bertz CT molecular complexity index is 602. The predicted molar refractivity (Wildman–Crippen MR) is 86.2 cm³/mol. The van der Waals surface area contributed by atoms with Gasteiger partial charge in [0.25, 0.3) is 0 Å². The van der Waals surface area contributed by atoms with Crippen LogP contribution in [0.25, 0.3) is 11.3 Å². The molecule has 5 heteroatoms. The molecule has 2 heterocycles. The van der Waals surface area contributed by atoms with Crippen LogP contribution in [-0.2, 0) is 13.6 Å². The first kappa shape index (κ1) is 15.2. The third-order valence-electron chi connectivity index (χ3n) is 4.39. The maximum Gasteiger partial charge on any atom is 0.0983 e. The lowest BCUT2D eigenvalue weighted by Gasteiger charge is -2.32. The highest BCUT2D eigenvalue weighted by Crippen LogP contribution is 2.27. The minimum absolute atomic E-state index is 0.533. The number of pyridine rings is 1. The second-order valence-corrected chi connectivity index (χ2v) is 6.31. The highest BCUT2D eigenvalue weighted by Gasteiger charge is 2.28. The normalized spacial score (nSPS) is 17.5. The van der Waals surface area contributed by atoms with Crippen molar-refractivity contribution in [3.63, 3.8) is 0 Å². The molecule has 1 aliphatic rings. The summed E-state index contributed by atoms with van der Waals surface area (Å²) in [5, 5.41) is 18.5. The molecule has 0 aliphatic heterocycles. The molecule has 0 spiro atoms. The van der Waals surface area contributed by atoms with Crippen LogP contribution in [0.3, 0.4) is 0 Å². The van der Waals surface area contributed by atoms with Gasteiger partial charge >= 0.3 is 0 Å². The fourth-order valence-corrected chi connectivity index (χ4v) is 3.23. The summed E-state index contributed by atoms with van der Waals surface area (Å²) in [6.45, 7) is 1.36. The van der Waals surface area contributed by atoms with E-state index in [1.807, 2.05) is 36.3 Å². The summed E-state index contributed by atoms with van der Waals surface area (Å²) >= 11 is 0. The van der Waals surface area contributed by atoms with Gasteiger partial charge in [-0.25, -0.2) is 0 Å². The highest BCUT2D eigenvalue weighted by atomic mass is 16.3. The Morgan fingerprint density at radius 2 is 2.14 bits per heavy atom. The Morgan fingerprint density at radius 3 is 2.86 bits per heavy atom. The van der Waals surface area contributed by atoms with Gasteiger partial charge in [0.15, 0.2) is 0 Å². The smallest absolute Gasteiger partial charge is 0.0983 e. The molecule has 1 fully saturated rings. The van der Waals surface area contributed by atoms with Gasteiger partial charge < -0.3 is 10.4 Å². The van der Waals surface area contributed by atoms with Crippen molar-refractivity contribution >= 4 is 0 Å². The van der Waals surface area contributed by atoms with Crippen molar-refractivity contribution in [2.24, 2.45) is 7.05 Å². The number of rotatable bonds is 5. The Hall–Kier alpha value is -1.72. The molecular formula is C17H24N4O. The molecule has 2 aromatic rings. The van der Waals surface area contributed by atoms with Gasteiger partial charge in [-0.1, -0.05) is 19.3 Å². The summed E-state index contributed by atoms with van der Waals surface area (Å²) in [4.78, 5) is 4.17. The molecule has 0 saturated heterocycles. The van der Waals surface area contributed by atoms with Gasteiger partial charge in [-0.05, 0) is 25.0 Å². The van der Waals surface area contributed by atoms with E-state index in [9.17, 15) is 5.11 Å². The van der Waals surface area contributed by atoms with Gasteiger partial charge in [0.1, 0.15) is 0 Å². The van der Waals surface area contributed by atoms with E-state index in [1.54, 1.807) is 6.20 Å². The van der Waals surface area contributed by atoms with Gasteiger partial charge in [-0.15, -0.1) is 0 Å². The Kier molecular flexibility index (Phi) is 4.55. The first-order valence-electron chi connectivity index (χ1n) is 8.02. The zero-order valence-corrected chi connectivity index (χ0v) is 13.1. The largest absolute Gasteiger partial charge is 0.389 e. The lowest BCUT2D eigenvalue weighted by atomic mass is 9.85. The molecule has 3 rings (SSSR count). The highest BCUT2D eigenvalue weighted by molar-refractivity contribution is 5.61. The molecule has 2 aromatic heterocycles. The monoisotopic (exact) mass is 300 g/mol. The van der Waals surface area contributed by atoms with E-state index in [-0.39, 0.29) is 0 Å². The average molecular weight is 300 g/mol. The standard InChI is InChI=1S/C17H24N4O/c1-21-12-15(16(20-21)14-6-5-9-18-10-14)11-19-13-17(22)7-3-2-4-8-17/h5-6,9-10,12,19,22H,2-4,7-8,11,13H2,1H3. The van der Waals surface area contributed by atoms with Crippen LogP contribution in [0, 0.1) is 0 Å². The number of hydrogen-bond donors (Lipinski definition) is 2. The molecule has 0 aromatic carbocycles. The molecule has 0 unspecified atom stereocenters. The summed E-state index contributed by atoms with van der Waals surface area (Å²) in [6, 6.07) is 3.94. The Morgan fingerprint density at radius 1 is 1.32 bits per heavy atom. The van der Waals surface area contributed by atoms with Crippen molar-refractivity contribution in [1.29, 1.82) is 0 Å². The maximum atomic E-state index is 10.5. The lowest BCUT2D eigenvalue weighted by molar-refractivity contribution is 0.00468. The van der Waals surface area contributed by atoms with Crippen LogP contribution in [0.2, 0.25) is 0 Å². The van der Waals surface area contributed by atoms with Crippen LogP contribution in [0.5, 0.6) is 0 Å². The third-order valence-corrected chi connectivity index (χ3v) is 4.39. The van der Waals surface area contributed by atoms with E-state index in [0.717, 1.165) is 42.5 Å². The molecule has 22 heavy (non-hydrogen) atoms. The number of aromatic nitrogens is 3. The zero-order chi connectivity index (χ0) is 15.4. The topological polar surface area (TPSA) is 63.0 Å². The Balaban J connectivity index is 1.66. The number of hydrogen-bond acceptors (Lipinski definition) is 4. The first-order chi connectivity index (χ1) is 10.7. The van der Waals surface area contributed by atoms with Crippen molar-refractivity contribution in [2.75, 3.05) is 6.54 Å². The van der Waals surface area contributed by atoms with Crippen molar-refractivity contribution < 1.29 is 5.11 Å². The van der Waals surface area contributed by atoms with Crippen LogP contribution in [-0.4, -0.2) is 32.0 Å². The van der Waals surface area contributed by atoms with Crippen LogP contribution >= 0.6 is 0 Å². The van der Waals surface area contributed by atoms with Gasteiger partial charge in [0, 0.05) is 49.9 Å². The lowest BCUT2D eigenvalue weighted by Crippen LogP contribution is -2.41. The first-order valence-corrected chi connectivity index (χ1v) is 8.02. The molecular weight excluding hydrogens is 276 g/mol. The van der Waals surface area contributed by atoms with Crippen LogP contribution in [0.15, 0.2) is 30.7 Å². The Labute approximate surface area is 131 Å². The van der Waals surface area contributed by atoms with Crippen molar-refractivity contribution in [3.05, 3.63) is 36.3 Å². The molecule has 1 aliphatic carbocycles. The van der Waals surface area contributed by atoms with Gasteiger partial charge in [-0.3, -0.25) is 9.67 Å². The molecule has 5 nitrogen and oxygen atoms in total. The minimum Gasteiger partial charge on any atom is -0.389 e. The molecule has 0 amide bonds. The summed E-state index contributed by atoms with van der Waals surface area (Å²) < 4.78 is 1.83. The average Bonchev–Trinajstić information content (AvgIpc) is 2.90. The van der Waals surface area contributed by atoms with E-state index in [4.69, 9.17) is 0 Å². The fourth-order valence-electron chi connectivity index (χ4n) is 3.23. The van der Waals surface area contributed by atoms with E-state index in [0.29, 0.717) is 13.1 Å². The van der Waals surface area contributed by atoms with Gasteiger partial charge in [0.2, 0.25) is 0 Å². The summed E-state index contributed by atoms with van der Waals surface area (Å²) in [6.07, 6.45) is 10.9. The number of aryl methyl sites for hydroxylation is 1. The van der Waals surface area contributed by atoms with E-state index < -0.39 is 5.60 Å². The van der Waals surface area contributed by atoms with Gasteiger partial charge in [0.05, 0.1) is 11.3 Å². The zero-order valence-electron chi connectivity index (χ0n) is 13.1. The number of nitrogens with one attached hydrogen (secondary N) is 1. The van der Waals surface area contributed by atoms with Crippen molar-refractivity contribution in [2.45, 2.75) is 44.2 Å². The molecule has 1 saturated carbocycles. The van der Waals surface area contributed by atoms with Crippen molar-refractivity contribution in [3.8, 4) is 11.3 Å². The molecule has 2 N–H and O–H groups in total. The molecule has 0 radical (unpaired) electrons. The summed E-state index contributed by atoms with van der Waals surface area (Å²) in [5.74, 6) is 0. The van der Waals surface area contributed by atoms with E-state index in [2.05, 4.69) is 15.4 Å². The number of aliphatic hydroxyl groups is 1. The molecule has 0 atom stereocenters. The SMILES string of the molecule is Cn1cc(CNCC2(O)CCCCC2)c(-c2cccnc2)n1. The van der Waals surface area contributed by atoms with E-state index >= 15 is 0 Å². The minimum atomic E-state index is -0.533. The predicted octanol–water partition coefficient (Wildman–Crippen LogP) is 2.27. The third kappa shape index (κ3) is 3.54. The van der Waals surface area contributed by atoms with E-state index in [1.165, 1.54) is 6.42 Å². The second kappa shape index (κ2) is 6.58. The molecule has 118 valence electrons. The maximum absolute atomic E-state index is 10.5. The van der Waals surface area contributed by atoms with Gasteiger partial charge in [-0.2, -0.15) is 5.10 Å². The quantitative estimate of drug-likeness (QED) is 0.889.